The molecule has 1 heteroatoms. The van der Waals surface area contributed by atoms with Crippen molar-refractivity contribution in [2.75, 3.05) is 0 Å². The Bertz CT molecular complexity index is 425. The Morgan fingerprint density at radius 1 is 1.05 bits per heavy atom. The molecule has 0 saturated heterocycles. The molecule has 20 heavy (non-hydrogen) atoms. The van der Waals surface area contributed by atoms with Crippen LogP contribution in [-0.2, 0) is 0 Å². The number of hydrogen-bond donors (Lipinski definition) is 0. The lowest BCUT2D eigenvalue weighted by Gasteiger charge is -2.43. The van der Waals surface area contributed by atoms with E-state index in [0.29, 0.717) is 5.04 Å². The van der Waals surface area contributed by atoms with E-state index in [-0.39, 0.29) is 0 Å². The fourth-order valence-corrected chi connectivity index (χ4v) is 7.38. The van der Waals surface area contributed by atoms with Gasteiger partial charge < -0.3 is 0 Å². The van der Waals surface area contributed by atoms with Gasteiger partial charge in [-0.2, -0.15) is 0 Å². The van der Waals surface area contributed by atoms with Crippen LogP contribution in [0.15, 0.2) is 41.6 Å². The Morgan fingerprint density at radius 3 is 2.10 bits per heavy atom. The molecule has 0 aliphatic rings. The number of allylic oxidation sites excluding steroid dienone is 2. The first kappa shape index (κ1) is 17.2. The lowest BCUT2D eigenvalue weighted by Crippen LogP contribution is -2.54. The summed E-state index contributed by atoms with van der Waals surface area (Å²) in [7, 11) is -1.65. The summed E-state index contributed by atoms with van der Waals surface area (Å²) in [5, 5.41) is 3.69. The smallest absolute Gasteiger partial charge is 0.0888 e. The zero-order valence-corrected chi connectivity index (χ0v) is 15.3. The highest BCUT2D eigenvalue weighted by molar-refractivity contribution is 6.98. The minimum absolute atomic E-state index is 0.350. The number of rotatable bonds is 6. The molecule has 0 aliphatic carbocycles. The van der Waals surface area contributed by atoms with Crippen molar-refractivity contribution < 1.29 is 0 Å². The molecule has 0 fully saturated rings. The van der Waals surface area contributed by atoms with E-state index in [1.54, 1.807) is 10.4 Å². The summed E-state index contributed by atoms with van der Waals surface area (Å²) in [5.41, 5.74) is 0. The van der Waals surface area contributed by atoms with Crippen LogP contribution in [0.4, 0.5) is 0 Å². The number of benzene rings is 1. The van der Waals surface area contributed by atoms with Gasteiger partial charge >= 0.3 is 0 Å². The minimum atomic E-state index is -1.65. The molecule has 0 aliphatic heterocycles. The van der Waals surface area contributed by atoms with Crippen LogP contribution in [0, 0.1) is 0 Å². The van der Waals surface area contributed by atoms with Gasteiger partial charge in [0.1, 0.15) is 8.07 Å². The monoisotopic (exact) mass is 288 g/mol. The van der Waals surface area contributed by atoms with Crippen molar-refractivity contribution in [1.29, 1.82) is 0 Å². The highest BCUT2D eigenvalue weighted by Gasteiger charge is 2.43. The van der Waals surface area contributed by atoms with Gasteiger partial charge in [0.15, 0.2) is 0 Å². The fourth-order valence-electron chi connectivity index (χ4n) is 3.02. The van der Waals surface area contributed by atoms with Crippen molar-refractivity contribution >= 4 is 13.3 Å². The molecule has 1 unspecified atom stereocenters. The zero-order valence-electron chi connectivity index (χ0n) is 14.3. The van der Waals surface area contributed by atoms with Crippen molar-refractivity contribution in [3.8, 4) is 0 Å². The first-order valence-corrected chi connectivity index (χ1v) is 10.6. The van der Waals surface area contributed by atoms with Crippen molar-refractivity contribution in [1.82, 2.24) is 0 Å². The topological polar surface area (TPSA) is 0 Å². The molecule has 0 saturated carbocycles. The maximum atomic E-state index is 2.57. The quantitative estimate of drug-likeness (QED) is 0.577. The lowest BCUT2D eigenvalue weighted by atomic mass is 10.2. The molecule has 0 spiro atoms. The Kier molecular flexibility index (Phi) is 6.26. The van der Waals surface area contributed by atoms with Crippen molar-refractivity contribution in [3.05, 3.63) is 41.6 Å². The van der Waals surface area contributed by atoms with E-state index in [1.165, 1.54) is 25.7 Å². The van der Waals surface area contributed by atoms with Crippen LogP contribution in [0.25, 0.3) is 0 Å². The molecular weight excluding hydrogens is 256 g/mol. The second-order valence-electron chi connectivity index (χ2n) is 7.01. The molecule has 0 bridgehead atoms. The predicted molar refractivity (Wildman–Crippen MR) is 95.3 cm³/mol. The normalized spacial score (nSPS) is 16.0. The largest absolute Gasteiger partial charge is 0.115 e. The third-order valence-corrected chi connectivity index (χ3v) is 10.9. The maximum Gasteiger partial charge on any atom is 0.115 e. The third-order valence-electron chi connectivity index (χ3n) is 4.69. The second-order valence-corrected chi connectivity index (χ2v) is 12.0. The van der Waals surface area contributed by atoms with E-state index in [9.17, 15) is 0 Å². The van der Waals surface area contributed by atoms with Crippen LogP contribution in [-0.4, -0.2) is 8.07 Å². The fraction of sp³-hybridized carbons (Fsp3) is 0.579. The summed E-state index contributed by atoms with van der Waals surface area (Å²) >= 11 is 0. The molecule has 0 radical (unpaired) electrons. The molecule has 1 aromatic rings. The highest BCUT2D eigenvalue weighted by atomic mass is 28.3. The molecule has 0 aromatic heterocycles. The molecule has 1 rings (SSSR count). The Hall–Kier alpha value is -0.823. The van der Waals surface area contributed by atoms with E-state index < -0.39 is 8.07 Å². The molecule has 0 N–H and O–H groups in total. The average molecular weight is 289 g/mol. The molecule has 0 amide bonds. The summed E-state index contributed by atoms with van der Waals surface area (Å²) < 4.78 is 0. The van der Waals surface area contributed by atoms with Gasteiger partial charge in [0.25, 0.3) is 0 Å². The molecular formula is C19H32Si. The van der Waals surface area contributed by atoms with Crippen LogP contribution in [0.5, 0.6) is 0 Å². The molecule has 1 atom stereocenters. The Morgan fingerprint density at radius 2 is 1.65 bits per heavy atom. The standard InChI is InChI=1S/C19H32Si/c1-7-9-14-17(13-8-2)20(6,19(3,4)5)18-15-11-10-12-16-18/h10-12,14-16H,7-9,13H2,1-6H3/b17-14+. The summed E-state index contributed by atoms with van der Waals surface area (Å²) in [4.78, 5) is 0. The summed E-state index contributed by atoms with van der Waals surface area (Å²) in [6, 6.07) is 11.3. The van der Waals surface area contributed by atoms with Gasteiger partial charge in [0.05, 0.1) is 0 Å². The highest BCUT2D eigenvalue weighted by Crippen LogP contribution is 2.42. The van der Waals surface area contributed by atoms with Crippen LogP contribution >= 0.6 is 0 Å². The lowest BCUT2D eigenvalue weighted by molar-refractivity contribution is 0.723. The second kappa shape index (κ2) is 7.26. The van der Waals surface area contributed by atoms with E-state index in [1.807, 2.05) is 0 Å². The summed E-state index contributed by atoms with van der Waals surface area (Å²) in [6.45, 7) is 14.4. The summed E-state index contributed by atoms with van der Waals surface area (Å²) in [5.74, 6) is 0. The Labute approximate surface area is 127 Å². The summed E-state index contributed by atoms with van der Waals surface area (Å²) in [6.07, 6.45) is 7.54. The van der Waals surface area contributed by atoms with Gasteiger partial charge in [-0.3, -0.25) is 0 Å². The van der Waals surface area contributed by atoms with Crippen LogP contribution in [0.3, 0.4) is 0 Å². The molecule has 112 valence electrons. The van der Waals surface area contributed by atoms with E-state index in [2.05, 4.69) is 77.6 Å². The molecule has 1 aromatic carbocycles. The van der Waals surface area contributed by atoms with E-state index in [4.69, 9.17) is 0 Å². The van der Waals surface area contributed by atoms with E-state index in [0.717, 1.165) is 0 Å². The SMILES string of the molecule is CCC/C=C(\CCC)[Si](C)(c1ccccc1)C(C)(C)C. The maximum absolute atomic E-state index is 2.57. The van der Waals surface area contributed by atoms with Crippen molar-refractivity contribution in [3.63, 3.8) is 0 Å². The third kappa shape index (κ3) is 3.63. The minimum Gasteiger partial charge on any atom is -0.0888 e. The van der Waals surface area contributed by atoms with Gasteiger partial charge in [0.2, 0.25) is 0 Å². The van der Waals surface area contributed by atoms with Crippen LogP contribution in [0.1, 0.15) is 60.3 Å². The van der Waals surface area contributed by atoms with Crippen molar-refractivity contribution in [2.45, 2.75) is 71.9 Å². The van der Waals surface area contributed by atoms with Gasteiger partial charge in [-0.15, -0.1) is 0 Å². The van der Waals surface area contributed by atoms with E-state index >= 15 is 0 Å². The average Bonchev–Trinajstić information content (AvgIpc) is 2.42. The molecule has 0 nitrogen and oxygen atoms in total. The van der Waals surface area contributed by atoms with Gasteiger partial charge in [-0.05, 0) is 17.9 Å². The number of hydrogen-bond acceptors (Lipinski definition) is 0. The first-order chi connectivity index (χ1) is 9.37. The van der Waals surface area contributed by atoms with Crippen molar-refractivity contribution in [2.24, 2.45) is 0 Å². The van der Waals surface area contributed by atoms with Crippen LogP contribution < -0.4 is 5.19 Å². The van der Waals surface area contributed by atoms with Gasteiger partial charge in [-0.1, -0.05) is 101 Å². The van der Waals surface area contributed by atoms with Gasteiger partial charge in [-0.25, -0.2) is 0 Å². The zero-order chi connectivity index (χ0) is 15.2. The molecule has 0 heterocycles. The first-order valence-electron chi connectivity index (χ1n) is 8.13. The van der Waals surface area contributed by atoms with Gasteiger partial charge in [0, 0.05) is 0 Å². The predicted octanol–water partition coefficient (Wildman–Crippen LogP) is 5.84. The number of unbranched alkanes of at least 4 members (excludes halogenated alkanes) is 1. The Balaban J connectivity index is 3.37. The van der Waals surface area contributed by atoms with Crippen LogP contribution in [0.2, 0.25) is 11.6 Å².